The number of hydrogen-bond acceptors (Lipinski definition) is 3. The van der Waals surface area contributed by atoms with Gasteiger partial charge in [0.25, 0.3) is 0 Å². The summed E-state index contributed by atoms with van der Waals surface area (Å²) in [4.78, 5) is 8.70. The molecule has 3 aliphatic rings. The van der Waals surface area contributed by atoms with Gasteiger partial charge in [0.15, 0.2) is 0 Å². The summed E-state index contributed by atoms with van der Waals surface area (Å²) in [5.41, 5.74) is 34.7. The second-order valence-corrected chi connectivity index (χ2v) is 6.87. The molecule has 0 saturated heterocycles. The maximum absolute atomic E-state index is 8.82. The molecule has 0 aliphatic heterocycles. The highest BCUT2D eigenvalue weighted by Crippen LogP contribution is 2.57. The van der Waals surface area contributed by atoms with Crippen LogP contribution in [0.5, 0.6) is 0 Å². The molecule has 0 heterocycles. The summed E-state index contributed by atoms with van der Waals surface area (Å²) in [5.74, 6) is -0.142. The fourth-order valence-electron chi connectivity index (χ4n) is 4.57. The molecule has 136 valence electrons. The van der Waals surface area contributed by atoms with Gasteiger partial charge < -0.3 is 0 Å². The minimum Gasteiger partial charge on any atom is -0.0608 e. The Hall–Kier alpha value is -4.41. The number of rotatable bonds is 3. The van der Waals surface area contributed by atoms with Crippen LogP contribution in [0.4, 0.5) is 17.1 Å². The van der Waals surface area contributed by atoms with E-state index in [2.05, 4.69) is 30.1 Å². The maximum atomic E-state index is 8.82. The number of azide groups is 3. The molecule has 0 amide bonds. The van der Waals surface area contributed by atoms with Gasteiger partial charge in [-0.15, -0.1) is 0 Å². The van der Waals surface area contributed by atoms with Gasteiger partial charge in [-0.25, -0.2) is 0 Å². The standard InChI is InChI=1S/C20H11N9/c21-27-24-10-3-6-15-16(7-10)19-13-4-1-11(25-28-22)8-17(13)20(15)18-9-12(26-29-23)2-5-14(18)19/h1-9,19-20H. The van der Waals surface area contributed by atoms with Gasteiger partial charge in [-0.2, -0.15) is 0 Å². The van der Waals surface area contributed by atoms with E-state index >= 15 is 0 Å². The van der Waals surface area contributed by atoms with Crippen molar-refractivity contribution in [3.8, 4) is 0 Å². The summed E-state index contributed by atoms with van der Waals surface area (Å²) in [7, 11) is 0. The Labute approximate surface area is 164 Å². The third kappa shape index (κ3) is 2.41. The molecule has 9 nitrogen and oxygen atoms in total. The lowest BCUT2D eigenvalue weighted by molar-refractivity contribution is 0.754. The molecule has 0 N–H and O–H groups in total. The Morgan fingerprint density at radius 1 is 0.483 bits per heavy atom. The molecule has 0 radical (unpaired) electrons. The van der Waals surface area contributed by atoms with E-state index in [1.807, 2.05) is 48.5 Å². The quantitative estimate of drug-likeness (QED) is 0.174. The fraction of sp³-hybridized carbons (Fsp3) is 0.100. The molecule has 9 heteroatoms. The molecule has 2 bridgehead atoms. The first-order chi connectivity index (χ1) is 14.2. The van der Waals surface area contributed by atoms with Crippen LogP contribution in [0, 0.1) is 0 Å². The van der Waals surface area contributed by atoms with Crippen LogP contribution in [0.3, 0.4) is 0 Å². The van der Waals surface area contributed by atoms with E-state index < -0.39 is 0 Å². The summed E-state index contributed by atoms with van der Waals surface area (Å²) >= 11 is 0. The van der Waals surface area contributed by atoms with Gasteiger partial charge in [0.2, 0.25) is 0 Å². The Morgan fingerprint density at radius 2 is 0.793 bits per heavy atom. The van der Waals surface area contributed by atoms with Gasteiger partial charge in [0.05, 0.1) is 0 Å². The molecule has 0 aromatic heterocycles. The summed E-state index contributed by atoms with van der Waals surface area (Å²) in [6.07, 6.45) is 0. The smallest absolute Gasteiger partial charge is 0.0378 e. The van der Waals surface area contributed by atoms with Crippen LogP contribution in [-0.2, 0) is 0 Å². The van der Waals surface area contributed by atoms with Crippen molar-refractivity contribution in [2.24, 2.45) is 15.3 Å². The molecule has 29 heavy (non-hydrogen) atoms. The van der Waals surface area contributed by atoms with Crippen LogP contribution >= 0.6 is 0 Å². The zero-order valence-electron chi connectivity index (χ0n) is 14.9. The van der Waals surface area contributed by atoms with Gasteiger partial charge in [-0.1, -0.05) is 51.7 Å². The Balaban J connectivity index is 1.81. The van der Waals surface area contributed by atoms with Crippen molar-refractivity contribution in [2.45, 2.75) is 11.8 Å². The van der Waals surface area contributed by atoms with Gasteiger partial charge in [-0.3, -0.25) is 0 Å². The first kappa shape index (κ1) is 16.7. The van der Waals surface area contributed by atoms with E-state index in [4.69, 9.17) is 16.6 Å². The van der Waals surface area contributed by atoms with Crippen molar-refractivity contribution in [2.75, 3.05) is 0 Å². The van der Waals surface area contributed by atoms with Crippen LogP contribution in [0.2, 0.25) is 0 Å². The Kier molecular flexibility index (Phi) is 3.66. The topological polar surface area (TPSA) is 146 Å². The highest BCUT2D eigenvalue weighted by Gasteiger charge is 2.41. The van der Waals surface area contributed by atoms with Crippen LogP contribution < -0.4 is 0 Å². The fourth-order valence-corrected chi connectivity index (χ4v) is 4.57. The van der Waals surface area contributed by atoms with Crippen LogP contribution in [0.25, 0.3) is 31.3 Å². The summed E-state index contributed by atoms with van der Waals surface area (Å²) in [5, 5.41) is 11.3. The average molecular weight is 377 g/mol. The van der Waals surface area contributed by atoms with E-state index in [0.29, 0.717) is 17.1 Å². The molecule has 0 atom stereocenters. The highest BCUT2D eigenvalue weighted by atomic mass is 15.1. The van der Waals surface area contributed by atoms with Crippen molar-refractivity contribution >= 4 is 17.1 Å². The SMILES string of the molecule is [N-]=[N+]=Nc1ccc2c(c1)C1c3ccc(N=[N+]=[N-])cc3C2c2cc(N=[N+]=[N-])ccc21. The summed E-state index contributed by atoms with van der Waals surface area (Å²) in [6, 6.07) is 17.1. The minimum absolute atomic E-state index is 0.0472. The molecule has 0 fully saturated rings. The van der Waals surface area contributed by atoms with E-state index in [0.717, 1.165) is 33.4 Å². The second-order valence-electron chi connectivity index (χ2n) is 6.87. The molecule has 3 aromatic carbocycles. The van der Waals surface area contributed by atoms with Crippen molar-refractivity contribution in [1.29, 1.82) is 0 Å². The summed E-state index contributed by atoms with van der Waals surface area (Å²) < 4.78 is 0. The monoisotopic (exact) mass is 377 g/mol. The zero-order valence-corrected chi connectivity index (χ0v) is 14.9. The van der Waals surface area contributed by atoms with Crippen molar-refractivity contribution in [3.63, 3.8) is 0 Å². The predicted octanol–water partition coefficient (Wildman–Crippen LogP) is 7.50. The molecule has 6 rings (SSSR count). The summed E-state index contributed by atoms with van der Waals surface area (Å²) in [6.45, 7) is 0. The van der Waals surface area contributed by atoms with Crippen molar-refractivity contribution in [3.05, 3.63) is 119 Å². The number of nitrogens with zero attached hydrogens (tertiary/aromatic N) is 9. The lowest BCUT2D eigenvalue weighted by atomic mass is 9.61. The molecular weight excluding hydrogens is 366 g/mol. The number of benzene rings is 3. The van der Waals surface area contributed by atoms with E-state index in [9.17, 15) is 0 Å². The highest BCUT2D eigenvalue weighted by molar-refractivity contribution is 5.72. The minimum atomic E-state index is -0.0946. The maximum Gasteiger partial charge on any atom is 0.0378 e. The largest absolute Gasteiger partial charge is 0.0608 e. The number of hydrogen-bond donors (Lipinski definition) is 0. The lowest BCUT2D eigenvalue weighted by Gasteiger charge is -2.42. The molecule has 3 aromatic rings. The van der Waals surface area contributed by atoms with Gasteiger partial charge in [-0.05, 0) is 68.2 Å². The van der Waals surface area contributed by atoms with E-state index in [1.165, 1.54) is 0 Å². The lowest BCUT2D eigenvalue weighted by Crippen LogP contribution is -2.27. The van der Waals surface area contributed by atoms with Crippen LogP contribution in [0.15, 0.2) is 69.9 Å². The van der Waals surface area contributed by atoms with Gasteiger partial charge in [0, 0.05) is 43.6 Å². The predicted molar refractivity (Wildman–Crippen MR) is 108 cm³/mol. The molecule has 0 spiro atoms. The molecule has 0 saturated carbocycles. The van der Waals surface area contributed by atoms with Gasteiger partial charge >= 0.3 is 0 Å². The third-order valence-corrected chi connectivity index (χ3v) is 5.56. The van der Waals surface area contributed by atoms with E-state index in [1.54, 1.807) is 6.07 Å². The molecule has 0 unspecified atom stereocenters. The first-order valence-electron chi connectivity index (χ1n) is 8.82. The third-order valence-electron chi connectivity index (χ3n) is 5.56. The zero-order chi connectivity index (χ0) is 20.0. The Bertz CT molecular complexity index is 1270. The molecular formula is C20H11N9. The first-order valence-corrected chi connectivity index (χ1v) is 8.82. The van der Waals surface area contributed by atoms with Crippen LogP contribution in [0.1, 0.15) is 45.2 Å². The Morgan fingerprint density at radius 3 is 1.10 bits per heavy atom. The normalized spacial score (nSPS) is 17.0. The average Bonchev–Trinajstić information content (AvgIpc) is 2.74. The molecule has 3 aliphatic carbocycles. The van der Waals surface area contributed by atoms with Crippen molar-refractivity contribution < 1.29 is 0 Å². The van der Waals surface area contributed by atoms with Gasteiger partial charge in [0.1, 0.15) is 0 Å². The van der Waals surface area contributed by atoms with Crippen molar-refractivity contribution in [1.82, 2.24) is 0 Å². The van der Waals surface area contributed by atoms with Crippen LogP contribution in [-0.4, -0.2) is 0 Å². The van der Waals surface area contributed by atoms with E-state index in [-0.39, 0.29) is 11.8 Å². The second kappa shape index (κ2) is 6.34.